The maximum absolute atomic E-state index is 12.5. The predicted octanol–water partition coefficient (Wildman–Crippen LogP) is 2.70. The summed E-state index contributed by atoms with van der Waals surface area (Å²) in [5.74, 6) is 0.855. The number of esters is 1. The first-order valence-corrected chi connectivity index (χ1v) is 9.00. The molecule has 0 fully saturated rings. The summed E-state index contributed by atoms with van der Waals surface area (Å²) in [5, 5.41) is 6.60. The third-order valence-electron chi connectivity index (χ3n) is 3.81. The third kappa shape index (κ3) is 5.44. The fourth-order valence-electron chi connectivity index (χ4n) is 2.53. The van der Waals surface area contributed by atoms with Crippen LogP contribution in [0, 0.1) is 5.92 Å². The lowest BCUT2D eigenvalue weighted by Gasteiger charge is -2.30. The molecule has 0 aliphatic carbocycles. The molecular weight excluding hydrogens is 352 g/mol. The van der Waals surface area contributed by atoms with Crippen molar-refractivity contribution in [1.82, 2.24) is 10.6 Å². The second-order valence-electron chi connectivity index (χ2n) is 6.47. The van der Waals surface area contributed by atoms with Gasteiger partial charge in [-0.1, -0.05) is 26.0 Å². The molecule has 1 aromatic rings. The van der Waals surface area contributed by atoms with Crippen molar-refractivity contribution < 1.29 is 19.0 Å². The molecular formula is C19H26N2O4S. The van der Waals surface area contributed by atoms with Crippen molar-refractivity contribution >= 4 is 23.3 Å². The molecule has 1 atom stereocenters. The van der Waals surface area contributed by atoms with Crippen LogP contribution in [-0.4, -0.2) is 38.0 Å². The van der Waals surface area contributed by atoms with Gasteiger partial charge >= 0.3 is 5.97 Å². The van der Waals surface area contributed by atoms with Crippen molar-refractivity contribution in [1.29, 1.82) is 0 Å². The zero-order valence-electron chi connectivity index (χ0n) is 15.6. The molecule has 7 heteroatoms. The first kappa shape index (κ1) is 20.2. The van der Waals surface area contributed by atoms with E-state index >= 15 is 0 Å². The fraction of sp³-hybridized carbons (Fsp3) is 0.474. The number of carbonyl (C=O) groups is 1. The molecule has 0 aromatic heterocycles. The van der Waals surface area contributed by atoms with Gasteiger partial charge in [-0.25, -0.2) is 4.79 Å². The Morgan fingerprint density at radius 1 is 1.23 bits per heavy atom. The van der Waals surface area contributed by atoms with E-state index in [1.54, 1.807) is 7.11 Å². The third-order valence-corrected chi connectivity index (χ3v) is 4.03. The topological polar surface area (TPSA) is 68.8 Å². The fourth-order valence-corrected chi connectivity index (χ4v) is 2.80. The first-order chi connectivity index (χ1) is 12.4. The molecule has 0 radical (unpaired) electrons. The van der Waals surface area contributed by atoms with Gasteiger partial charge in [0.2, 0.25) is 0 Å². The van der Waals surface area contributed by atoms with E-state index in [9.17, 15) is 4.79 Å². The summed E-state index contributed by atoms with van der Waals surface area (Å²) in [5.41, 5.74) is 2.09. The smallest absolute Gasteiger partial charge is 0.338 e. The Bertz CT molecular complexity index is 671. The zero-order valence-corrected chi connectivity index (χ0v) is 16.4. The Morgan fingerprint density at radius 3 is 2.54 bits per heavy atom. The van der Waals surface area contributed by atoms with Crippen LogP contribution in [0.25, 0.3) is 0 Å². The van der Waals surface area contributed by atoms with E-state index < -0.39 is 5.97 Å². The number of rotatable bonds is 8. The van der Waals surface area contributed by atoms with E-state index in [1.807, 2.05) is 31.2 Å². The lowest BCUT2D eigenvalue weighted by molar-refractivity contribution is -0.140. The number of hydrogen-bond acceptors (Lipinski definition) is 5. The Labute approximate surface area is 159 Å². The van der Waals surface area contributed by atoms with Gasteiger partial charge in [-0.05, 0) is 42.8 Å². The number of benzene rings is 1. The van der Waals surface area contributed by atoms with Gasteiger partial charge in [0.15, 0.2) is 5.11 Å². The molecule has 1 aliphatic rings. The summed E-state index contributed by atoms with van der Waals surface area (Å²) >= 11 is 5.25. The average molecular weight is 378 g/mol. The van der Waals surface area contributed by atoms with Crippen LogP contribution in [0.2, 0.25) is 0 Å². The SMILES string of the molecule is COCCOC(=O)C1=C(C)NC(=S)N[C@@H]1c1ccc(OCC(C)C)cc1. The molecule has 0 unspecified atom stereocenters. The minimum absolute atomic E-state index is 0.200. The molecule has 2 rings (SSSR count). The Hall–Kier alpha value is -2.12. The van der Waals surface area contributed by atoms with Crippen molar-refractivity contribution in [3.8, 4) is 5.75 Å². The number of methoxy groups -OCH3 is 1. The number of carbonyl (C=O) groups excluding carboxylic acids is 1. The van der Waals surface area contributed by atoms with Gasteiger partial charge in [0.1, 0.15) is 12.4 Å². The summed E-state index contributed by atoms with van der Waals surface area (Å²) in [6, 6.07) is 7.27. The predicted molar refractivity (Wildman–Crippen MR) is 104 cm³/mol. The number of ether oxygens (including phenoxy) is 3. The van der Waals surface area contributed by atoms with Crippen molar-refractivity contribution in [2.24, 2.45) is 5.92 Å². The second-order valence-corrected chi connectivity index (χ2v) is 6.88. The monoisotopic (exact) mass is 378 g/mol. The van der Waals surface area contributed by atoms with Crippen molar-refractivity contribution in [3.63, 3.8) is 0 Å². The van der Waals surface area contributed by atoms with Gasteiger partial charge in [0.25, 0.3) is 0 Å². The van der Waals surface area contributed by atoms with Crippen molar-refractivity contribution in [2.45, 2.75) is 26.8 Å². The van der Waals surface area contributed by atoms with Crippen LogP contribution < -0.4 is 15.4 Å². The van der Waals surface area contributed by atoms with Gasteiger partial charge in [-0.15, -0.1) is 0 Å². The number of hydrogen-bond donors (Lipinski definition) is 2. The number of nitrogens with one attached hydrogen (secondary N) is 2. The van der Waals surface area contributed by atoms with Gasteiger partial charge in [0.05, 0.1) is 24.8 Å². The van der Waals surface area contributed by atoms with Crippen LogP contribution in [-0.2, 0) is 14.3 Å². The summed E-state index contributed by atoms with van der Waals surface area (Å²) in [7, 11) is 1.56. The van der Waals surface area contributed by atoms with Crippen LogP contribution in [0.1, 0.15) is 32.4 Å². The van der Waals surface area contributed by atoms with Crippen LogP contribution in [0.3, 0.4) is 0 Å². The maximum Gasteiger partial charge on any atom is 0.338 e. The Balaban J connectivity index is 2.19. The van der Waals surface area contributed by atoms with E-state index in [0.29, 0.717) is 35.5 Å². The van der Waals surface area contributed by atoms with Gasteiger partial charge < -0.3 is 24.8 Å². The highest BCUT2D eigenvalue weighted by molar-refractivity contribution is 7.80. The molecule has 0 amide bonds. The van der Waals surface area contributed by atoms with E-state index in [0.717, 1.165) is 11.3 Å². The molecule has 0 saturated carbocycles. The quantitative estimate of drug-likeness (QED) is 0.409. The summed E-state index contributed by atoms with van der Waals surface area (Å²) < 4.78 is 15.9. The summed E-state index contributed by atoms with van der Waals surface area (Å²) in [4.78, 5) is 12.5. The molecule has 142 valence electrons. The number of allylic oxidation sites excluding steroid dienone is 1. The number of thiocarbonyl (C=S) groups is 1. The Morgan fingerprint density at radius 2 is 1.92 bits per heavy atom. The first-order valence-electron chi connectivity index (χ1n) is 8.59. The lowest BCUT2D eigenvalue weighted by Crippen LogP contribution is -2.45. The van der Waals surface area contributed by atoms with Crippen molar-refractivity contribution in [2.75, 3.05) is 26.9 Å². The maximum atomic E-state index is 12.5. The van der Waals surface area contributed by atoms with E-state index in [2.05, 4.69) is 24.5 Å². The molecule has 0 bridgehead atoms. The molecule has 6 nitrogen and oxygen atoms in total. The van der Waals surface area contributed by atoms with E-state index in [4.69, 9.17) is 26.4 Å². The average Bonchev–Trinajstić information content (AvgIpc) is 2.59. The van der Waals surface area contributed by atoms with E-state index in [-0.39, 0.29) is 12.6 Å². The van der Waals surface area contributed by atoms with Crippen LogP contribution in [0.4, 0.5) is 0 Å². The molecule has 1 heterocycles. The molecule has 0 spiro atoms. The minimum Gasteiger partial charge on any atom is -0.493 e. The standard InChI is InChI=1S/C19H26N2O4S/c1-12(2)11-25-15-7-5-14(6-8-15)17-16(13(3)20-19(26)21-17)18(22)24-10-9-23-4/h5-8,12,17H,9-11H2,1-4H3,(H2,20,21,26)/t17-/m1/s1. The molecule has 1 aliphatic heterocycles. The van der Waals surface area contributed by atoms with Gasteiger partial charge in [-0.2, -0.15) is 0 Å². The zero-order chi connectivity index (χ0) is 19.1. The van der Waals surface area contributed by atoms with E-state index in [1.165, 1.54) is 0 Å². The Kier molecular flexibility index (Phi) is 7.41. The summed E-state index contributed by atoms with van der Waals surface area (Å²) in [6.45, 7) is 7.22. The lowest BCUT2D eigenvalue weighted by atomic mass is 9.95. The summed E-state index contributed by atoms with van der Waals surface area (Å²) in [6.07, 6.45) is 0. The molecule has 26 heavy (non-hydrogen) atoms. The van der Waals surface area contributed by atoms with Crippen LogP contribution in [0.15, 0.2) is 35.5 Å². The molecule has 0 saturated heterocycles. The largest absolute Gasteiger partial charge is 0.493 e. The highest BCUT2D eigenvalue weighted by Gasteiger charge is 2.30. The normalized spacial score (nSPS) is 17.0. The highest BCUT2D eigenvalue weighted by atomic mass is 32.1. The van der Waals surface area contributed by atoms with Crippen LogP contribution >= 0.6 is 12.2 Å². The van der Waals surface area contributed by atoms with Crippen molar-refractivity contribution in [3.05, 3.63) is 41.1 Å². The highest BCUT2D eigenvalue weighted by Crippen LogP contribution is 2.29. The van der Waals surface area contributed by atoms with Crippen LogP contribution in [0.5, 0.6) is 5.75 Å². The minimum atomic E-state index is -0.396. The van der Waals surface area contributed by atoms with Gasteiger partial charge in [-0.3, -0.25) is 0 Å². The second kappa shape index (κ2) is 9.54. The molecule has 2 N–H and O–H groups in total. The molecule has 1 aromatic carbocycles. The van der Waals surface area contributed by atoms with Gasteiger partial charge in [0, 0.05) is 12.8 Å².